The summed E-state index contributed by atoms with van der Waals surface area (Å²) in [5, 5.41) is 7.42. The smallest absolute Gasteiger partial charge is 0.294 e. The lowest BCUT2D eigenvalue weighted by Gasteiger charge is -2.32. The lowest BCUT2D eigenvalue weighted by atomic mass is 9.99. The lowest BCUT2D eigenvalue weighted by molar-refractivity contribution is -0.114. The highest BCUT2D eigenvalue weighted by atomic mass is 35.5. The molecule has 8 N–H and O–H groups in total. The van der Waals surface area contributed by atoms with E-state index in [0.717, 1.165) is 18.7 Å². The molecular formula is C23H37Cl2N7O. The summed E-state index contributed by atoms with van der Waals surface area (Å²) < 4.78 is 0. The average molecular weight is 499 g/mol. The first-order valence-electron chi connectivity index (χ1n) is 11.3. The van der Waals surface area contributed by atoms with Crippen LogP contribution in [0, 0.1) is 5.92 Å². The SMILES string of the molecule is CC.CC.NC(CC1CNC1)=NC(=O)/C(N)=C/C1=C(N)NCCN1Cc1cc(Cl)ccc1Cl. The summed E-state index contributed by atoms with van der Waals surface area (Å²) in [5.74, 6) is 0.531. The molecule has 8 nitrogen and oxygen atoms in total. The van der Waals surface area contributed by atoms with Crippen LogP contribution < -0.4 is 27.8 Å². The topological polar surface area (TPSA) is 135 Å². The first-order chi connectivity index (χ1) is 15.8. The number of amides is 1. The number of nitrogens with one attached hydrogen (secondary N) is 2. The Balaban J connectivity index is 0.00000129. The highest BCUT2D eigenvalue weighted by molar-refractivity contribution is 6.33. The molecule has 1 amide bonds. The summed E-state index contributed by atoms with van der Waals surface area (Å²) >= 11 is 12.4. The molecule has 2 aliphatic rings. The summed E-state index contributed by atoms with van der Waals surface area (Å²) in [6.07, 6.45) is 2.09. The summed E-state index contributed by atoms with van der Waals surface area (Å²) in [6.45, 7) is 11.5. The van der Waals surface area contributed by atoms with Gasteiger partial charge < -0.3 is 32.7 Å². The largest absolute Gasteiger partial charge is 0.394 e. The van der Waals surface area contributed by atoms with Crippen molar-refractivity contribution in [2.75, 3.05) is 26.2 Å². The van der Waals surface area contributed by atoms with Crippen LogP contribution >= 0.6 is 23.2 Å². The molecule has 0 atom stereocenters. The van der Waals surface area contributed by atoms with Gasteiger partial charge >= 0.3 is 0 Å². The van der Waals surface area contributed by atoms with E-state index in [9.17, 15) is 4.79 Å². The third kappa shape index (κ3) is 8.79. The molecular weight excluding hydrogens is 461 g/mol. The van der Waals surface area contributed by atoms with E-state index in [2.05, 4.69) is 15.6 Å². The molecule has 1 saturated heterocycles. The van der Waals surface area contributed by atoms with Gasteiger partial charge in [0.05, 0.1) is 5.70 Å². The monoisotopic (exact) mass is 497 g/mol. The number of nitrogens with zero attached hydrogens (tertiary/aromatic N) is 2. The second-order valence-corrected chi connectivity index (χ2v) is 7.96. The van der Waals surface area contributed by atoms with E-state index in [1.807, 2.05) is 32.6 Å². The molecule has 1 aromatic rings. The normalized spacial score (nSPS) is 16.6. The molecule has 3 rings (SSSR count). The van der Waals surface area contributed by atoms with Crippen molar-refractivity contribution in [1.82, 2.24) is 15.5 Å². The fourth-order valence-electron chi connectivity index (χ4n) is 3.15. The van der Waals surface area contributed by atoms with Crippen molar-refractivity contribution in [3.05, 3.63) is 57.1 Å². The van der Waals surface area contributed by atoms with Crippen LogP contribution in [0.15, 0.2) is 46.5 Å². The van der Waals surface area contributed by atoms with Gasteiger partial charge in [0.2, 0.25) is 0 Å². The van der Waals surface area contributed by atoms with Crippen molar-refractivity contribution < 1.29 is 4.79 Å². The van der Waals surface area contributed by atoms with E-state index in [1.165, 1.54) is 6.08 Å². The zero-order valence-corrected chi connectivity index (χ0v) is 21.4. The highest BCUT2D eigenvalue weighted by Crippen LogP contribution is 2.25. The lowest BCUT2D eigenvalue weighted by Crippen LogP contribution is -2.44. The molecule has 0 aromatic heterocycles. The van der Waals surface area contributed by atoms with Crippen molar-refractivity contribution in [3.8, 4) is 0 Å². The van der Waals surface area contributed by atoms with Gasteiger partial charge in [-0.3, -0.25) is 4.79 Å². The van der Waals surface area contributed by atoms with Gasteiger partial charge in [-0.1, -0.05) is 50.9 Å². The number of hydrogen-bond donors (Lipinski definition) is 5. The van der Waals surface area contributed by atoms with Gasteiger partial charge in [0.15, 0.2) is 0 Å². The van der Waals surface area contributed by atoms with E-state index in [4.69, 9.17) is 40.4 Å². The first kappa shape index (κ1) is 28.6. The maximum absolute atomic E-state index is 12.4. The summed E-state index contributed by atoms with van der Waals surface area (Å²) in [6, 6.07) is 5.28. The van der Waals surface area contributed by atoms with Crippen LogP contribution in [0.2, 0.25) is 10.0 Å². The van der Waals surface area contributed by atoms with Gasteiger partial charge in [0, 0.05) is 36.1 Å². The Morgan fingerprint density at radius 3 is 2.48 bits per heavy atom. The summed E-state index contributed by atoms with van der Waals surface area (Å²) in [4.78, 5) is 18.3. The van der Waals surface area contributed by atoms with Gasteiger partial charge in [-0.05, 0) is 48.8 Å². The Kier molecular flexibility index (Phi) is 12.7. The quantitative estimate of drug-likeness (QED) is 0.231. The molecule has 33 heavy (non-hydrogen) atoms. The van der Waals surface area contributed by atoms with Crippen molar-refractivity contribution >= 4 is 34.9 Å². The number of carbonyl (C=O) groups is 1. The van der Waals surface area contributed by atoms with E-state index >= 15 is 0 Å². The minimum Gasteiger partial charge on any atom is -0.394 e. The fourth-order valence-corrected chi connectivity index (χ4v) is 3.52. The standard InChI is InChI=1S/C19H25Cl2N7O.2C2H6/c20-13-1-2-14(21)12(6-13)10-28-4-3-26-18(24)16(28)7-15(22)19(29)27-17(23)5-11-8-25-9-11;2*1-2/h1-2,6-7,11,25-26H,3-5,8-10,22,24H2,(H2,23,27,29);2*1-2H3/b15-7-;;. The van der Waals surface area contributed by atoms with Crippen LogP contribution in [0.4, 0.5) is 0 Å². The Bertz CT molecular complexity index is 880. The van der Waals surface area contributed by atoms with E-state index < -0.39 is 5.91 Å². The highest BCUT2D eigenvalue weighted by Gasteiger charge is 2.21. The zero-order chi connectivity index (χ0) is 25.0. The second kappa shape index (κ2) is 14.7. The Hall–Kier alpha value is -2.42. The van der Waals surface area contributed by atoms with Gasteiger partial charge in [0.25, 0.3) is 5.91 Å². The zero-order valence-electron chi connectivity index (χ0n) is 19.9. The number of amidine groups is 1. The molecule has 1 aromatic carbocycles. The minimum atomic E-state index is -0.582. The predicted molar refractivity (Wildman–Crippen MR) is 139 cm³/mol. The van der Waals surface area contributed by atoms with Gasteiger partial charge in [-0.2, -0.15) is 4.99 Å². The van der Waals surface area contributed by atoms with Gasteiger partial charge in [0.1, 0.15) is 17.4 Å². The second-order valence-electron chi connectivity index (χ2n) is 7.12. The van der Waals surface area contributed by atoms with Gasteiger partial charge in [-0.15, -0.1) is 0 Å². The average Bonchev–Trinajstić information content (AvgIpc) is 2.78. The number of carbonyl (C=O) groups excluding carboxylic acids is 1. The van der Waals surface area contributed by atoms with Crippen LogP contribution in [-0.4, -0.2) is 42.8 Å². The predicted octanol–water partition coefficient (Wildman–Crippen LogP) is 2.91. The third-order valence-electron chi connectivity index (χ3n) is 4.83. The maximum atomic E-state index is 12.4. The third-order valence-corrected chi connectivity index (χ3v) is 5.43. The van der Waals surface area contributed by atoms with Crippen molar-refractivity contribution in [2.24, 2.45) is 28.1 Å². The molecule has 2 aliphatic heterocycles. The molecule has 184 valence electrons. The van der Waals surface area contributed by atoms with Crippen LogP contribution in [0.5, 0.6) is 0 Å². The van der Waals surface area contributed by atoms with Crippen LogP contribution in [-0.2, 0) is 11.3 Å². The molecule has 0 bridgehead atoms. The Morgan fingerprint density at radius 2 is 1.88 bits per heavy atom. The molecule has 1 fully saturated rings. The van der Waals surface area contributed by atoms with E-state index in [1.54, 1.807) is 18.2 Å². The van der Waals surface area contributed by atoms with Crippen molar-refractivity contribution in [1.29, 1.82) is 0 Å². The molecule has 0 aliphatic carbocycles. The first-order valence-corrected chi connectivity index (χ1v) is 12.1. The van der Waals surface area contributed by atoms with Crippen molar-refractivity contribution in [3.63, 3.8) is 0 Å². The molecule has 2 heterocycles. The molecule has 0 saturated carbocycles. The molecule has 0 unspecified atom stereocenters. The van der Waals surface area contributed by atoms with Crippen molar-refractivity contribution in [2.45, 2.75) is 40.7 Å². The van der Waals surface area contributed by atoms with E-state index in [-0.39, 0.29) is 11.5 Å². The van der Waals surface area contributed by atoms with Crippen LogP contribution in [0.3, 0.4) is 0 Å². The number of rotatable bonds is 6. The fraction of sp³-hybridized carbons (Fsp3) is 0.478. The van der Waals surface area contributed by atoms with Crippen LogP contribution in [0.25, 0.3) is 0 Å². The number of aliphatic imine (C=N–C) groups is 1. The Morgan fingerprint density at radius 1 is 1.21 bits per heavy atom. The number of benzene rings is 1. The molecule has 0 spiro atoms. The number of hydrogen-bond acceptors (Lipinski definition) is 6. The molecule has 0 radical (unpaired) electrons. The summed E-state index contributed by atoms with van der Waals surface area (Å²) in [7, 11) is 0. The van der Waals surface area contributed by atoms with E-state index in [0.29, 0.717) is 53.5 Å². The number of nitrogens with two attached hydrogens (primary N) is 3. The maximum Gasteiger partial charge on any atom is 0.294 e. The van der Waals surface area contributed by atoms with Crippen LogP contribution in [0.1, 0.15) is 39.7 Å². The summed E-state index contributed by atoms with van der Waals surface area (Å²) in [5.41, 5.74) is 19.4. The number of allylic oxidation sites excluding steroid dienone is 1. The Labute approximate surface area is 207 Å². The number of halogens is 2. The molecule has 10 heteroatoms. The van der Waals surface area contributed by atoms with Gasteiger partial charge in [-0.25, -0.2) is 0 Å². The minimum absolute atomic E-state index is 0.0384.